The second kappa shape index (κ2) is 9.71. The Morgan fingerprint density at radius 3 is 2.65 bits per heavy atom. The molecule has 0 radical (unpaired) electrons. The zero-order chi connectivity index (χ0) is 22.4. The van der Waals surface area contributed by atoms with Crippen molar-refractivity contribution in [2.24, 2.45) is 5.10 Å². The van der Waals surface area contributed by atoms with Gasteiger partial charge < -0.3 is 9.47 Å². The van der Waals surface area contributed by atoms with Gasteiger partial charge in [-0.25, -0.2) is 9.82 Å². The maximum Gasteiger partial charge on any atom is 0.276 e. The smallest absolute Gasteiger partial charge is 0.276 e. The number of sulfonamides is 1. The van der Waals surface area contributed by atoms with Crippen LogP contribution in [0.3, 0.4) is 0 Å². The van der Waals surface area contributed by atoms with Gasteiger partial charge in [0, 0.05) is 0 Å². The summed E-state index contributed by atoms with van der Waals surface area (Å²) >= 11 is 5.68. The Labute approximate surface area is 183 Å². The number of halogens is 2. The molecule has 162 valence electrons. The van der Waals surface area contributed by atoms with Gasteiger partial charge >= 0.3 is 0 Å². The molecule has 3 rings (SSSR count). The van der Waals surface area contributed by atoms with Gasteiger partial charge in [0.2, 0.25) is 11.1 Å². The highest BCUT2D eigenvalue weighted by Crippen LogP contribution is 2.32. The van der Waals surface area contributed by atoms with E-state index in [9.17, 15) is 12.8 Å². The Kier molecular flexibility index (Phi) is 7.03. The highest BCUT2D eigenvalue weighted by Gasteiger charge is 2.14. The van der Waals surface area contributed by atoms with E-state index < -0.39 is 15.8 Å². The van der Waals surface area contributed by atoms with Gasteiger partial charge in [0.25, 0.3) is 15.9 Å². The summed E-state index contributed by atoms with van der Waals surface area (Å²) in [7, 11) is -3.80. The van der Waals surface area contributed by atoms with Gasteiger partial charge in [-0.15, -0.1) is 0 Å². The standard InChI is InChI=1S/C20H18ClFN4O4S/c1-3-29-18-10-14(6-9-17(18)30-19-16(22)12-23-20(21)25-19)11-24-26-31(27,28)15-7-4-13(2)5-8-15/h4-12,26H,3H2,1-2H3/b24-11-. The Bertz CT molecular complexity index is 1200. The van der Waals surface area contributed by atoms with E-state index in [1.54, 1.807) is 31.2 Å². The van der Waals surface area contributed by atoms with E-state index in [1.165, 1.54) is 24.4 Å². The SMILES string of the molecule is CCOc1cc(/C=N\NS(=O)(=O)c2ccc(C)cc2)ccc1Oc1nc(Cl)ncc1F. The Morgan fingerprint density at radius 2 is 1.94 bits per heavy atom. The van der Waals surface area contributed by atoms with Crippen LogP contribution in [-0.4, -0.2) is 31.2 Å². The molecule has 31 heavy (non-hydrogen) atoms. The largest absolute Gasteiger partial charge is 0.490 e. The van der Waals surface area contributed by atoms with Crippen LogP contribution in [0.25, 0.3) is 0 Å². The molecule has 0 amide bonds. The summed E-state index contributed by atoms with van der Waals surface area (Å²) in [5.41, 5.74) is 1.46. The monoisotopic (exact) mass is 464 g/mol. The van der Waals surface area contributed by atoms with Crippen LogP contribution in [-0.2, 0) is 10.0 Å². The normalized spacial score (nSPS) is 11.5. The molecule has 0 aliphatic carbocycles. The second-order valence-corrected chi connectivity index (χ2v) is 8.20. The molecule has 0 spiro atoms. The van der Waals surface area contributed by atoms with Crippen molar-refractivity contribution in [2.45, 2.75) is 18.7 Å². The quantitative estimate of drug-likeness (QED) is 0.306. The first-order valence-electron chi connectivity index (χ1n) is 9.03. The number of hydrogen-bond acceptors (Lipinski definition) is 7. The number of nitrogens with one attached hydrogen (secondary N) is 1. The van der Waals surface area contributed by atoms with Crippen molar-refractivity contribution < 1.29 is 22.3 Å². The Hall–Kier alpha value is -3.24. The second-order valence-electron chi connectivity index (χ2n) is 6.20. The molecule has 2 aromatic carbocycles. The van der Waals surface area contributed by atoms with Crippen LogP contribution >= 0.6 is 11.6 Å². The fourth-order valence-corrected chi connectivity index (χ4v) is 3.32. The summed E-state index contributed by atoms with van der Waals surface area (Å²) in [6.07, 6.45) is 2.20. The van der Waals surface area contributed by atoms with Crippen molar-refractivity contribution in [3.05, 3.63) is 70.9 Å². The van der Waals surface area contributed by atoms with Gasteiger partial charge in [-0.1, -0.05) is 17.7 Å². The van der Waals surface area contributed by atoms with Crippen LogP contribution in [0.4, 0.5) is 4.39 Å². The number of rotatable bonds is 8. The molecule has 1 aromatic heterocycles. The zero-order valence-corrected chi connectivity index (χ0v) is 18.1. The van der Waals surface area contributed by atoms with Crippen LogP contribution in [0.2, 0.25) is 5.28 Å². The van der Waals surface area contributed by atoms with Crippen molar-refractivity contribution >= 4 is 27.8 Å². The van der Waals surface area contributed by atoms with Gasteiger partial charge in [0.05, 0.1) is 23.9 Å². The maximum atomic E-state index is 13.9. The number of benzene rings is 2. The average molecular weight is 465 g/mol. The third-order valence-electron chi connectivity index (χ3n) is 3.87. The summed E-state index contributed by atoms with van der Waals surface area (Å²) in [4.78, 5) is 9.48. The van der Waals surface area contributed by atoms with Crippen molar-refractivity contribution in [3.8, 4) is 17.4 Å². The van der Waals surface area contributed by atoms with Crippen LogP contribution in [0, 0.1) is 12.7 Å². The summed E-state index contributed by atoms with van der Waals surface area (Å²) < 4.78 is 49.4. The van der Waals surface area contributed by atoms with E-state index in [0.717, 1.165) is 11.8 Å². The summed E-state index contributed by atoms with van der Waals surface area (Å²) in [6, 6.07) is 11.0. The van der Waals surface area contributed by atoms with Gasteiger partial charge in [0.1, 0.15) is 0 Å². The molecule has 0 saturated heterocycles. The maximum absolute atomic E-state index is 13.9. The van der Waals surface area contributed by atoms with E-state index in [-0.39, 0.29) is 27.6 Å². The van der Waals surface area contributed by atoms with E-state index in [0.29, 0.717) is 12.2 Å². The number of aryl methyl sites for hydroxylation is 1. The van der Waals surface area contributed by atoms with E-state index in [2.05, 4.69) is 19.9 Å². The number of aromatic nitrogens is 2. The molecule has 0 atom stereocenters. The molecule has 11 heteroatoms. The minimum atomic E-state index is -3.80. The lowest BCUT2D eigenvalue weighted by Gasteiger charge is -2.12. The number of ether oxygens (including phenoxy) is 2. The fourth-order valence-electron chi connectivity index (χ4n) is 2.40. The summed E-state index contributed by atoms with van der Waals surface area (Å²) in [5.74, 6) is -0.675. The van der Waals surface area contributed by atoms with E-state index in [4.69, 9.17) is 21.1 Å². The van der Waals surface area contributed by atoms with Crippen LogP contribution in [0.1, 0.15) is 18.1 Å². The molecule has 8 nitrogen and oxygen atoms in total. The number of hydrazone groups is 1. The molecular formula is C20H18ClFN4O4S. The molecule has 0 bridgehead atoms. The first-order chi connectivity index (χ1) is 14.8. The van der Waals surface area contributed by atoms with Gasteiger partial charge in [-0.3, -0.25) is 0 Å². The van der Waals surface area contributed by atoms with Crippen molar-refractivity contribution in [1.82, 2.24) is 14.8 Å². The minimum absolute atomic E-state index is 0.0968. The molecule has 1 N–H and O–H groups in total. The Morgan fingerprint density at radius 1 is 1.19 bits per heavy atom. The van der Waals surface area contributed by atoms with Crippen LogP contribution in [0.15, 0.2) is 58.7 Å². The Balaban J connectivity index is 1.78. The minimum Gasteiger partial charge on any atom is -0.490 e. The van der Waals surface area contributed by atoms with Crippen molar-refractivity contribution in [3.63, 3.8) is 0 Å². The first-order valence-corrected chi connectivity index (χ1v) is 10.9. The lowest BCUT2D eigenvalue weighted by molar-refractivity contribution is 0.316. The third kappa shape index (κ3) is 5.89. The third-order valence-corrected chi connectivity index (χ3v) is 5.30. The molecule has 1 heterocycles. The summed E-state index contributed by atoms with van der Waals surface area (Å²) in [5, 5.41) is 3.63. The molecule has 0 aliphatic heterocycles. The van der Waals surface area contributed by atoms with Gasteiger partial charge in [0.15, 0.2) is 11.5 Å². The molecule has 0 saturated carbocycles. The zero-order valence-electron chi connectivity index (χ0n) is 16.5. The average Bonchev–Trinajstić information content (AvgIpc) is 2.73. The fraction of sp³-hybridized carbons (Fsp3) is 0.150. The predicted octanol–water partition coefficient (Wildman–Crippen LogP) is 4.08. The highest BCUT2D eigenvalue weighted by atomic mass is 35.5. The molecule has 0 aliphatic rings. The van der Waals surface area contributed by atoms with Crippen LogP contribution < -0.4 is 14.3 Å². The molecule has 3 aromatic rings. The number of hydrogen-bond donors (Lipinski definition) is 1. The first kappa shape index (κ1) is 22.4. The lowest BCUT2D eigenvalue weighted by Crippen LogP contribution is -2.18. The lowest BCUT2D eigenvalue weighted by atomic mass is 10.2. The number of nitrogens with zero attached hydrogens (tertiary/aromatic N) is 3. The predicted molar refractivity (Wildman–Crippen MR) is 114 cm³/mol. The van der Waals surface area contributed by atoms with Gasteiger partial charge in [-0.2, -0.15) is 22.9 Å². The van der Waals surface area contributed by atoms with E-state index >= 15 is 0 Å². The van der Waals surface area contributed by atoms with Crippen molar-refractivity contribution in [2.75, 3.05) is 6.61 Å². The summed E-state index contributed by atoms with van der Waals surface area (Å²) in [6.45, 7) is 3.94. The molecular weight excluding hydrogens is 447 g/mol. The van der Waals surface area contributed by atoms with Crippen molar-refractivity contribution in [1.29, 1.82) is 0 Å². The van der Waals surface area contributed by atoms with Gasteiger partial charge in [-0.05, 0) is 61.3 Å². The highest BCUT2D eigenvalue weighted by molar-refractivity contribution is 7.89. The van der Waals surface area contributed by atoms with Crippen LogP contribution in [0.5, 0.6) is 17.4 Å². The topological polar surface area (TPSA) is 103 Å². The molecule has 0 fully saturated rings. The molecule has 0 unspecified atom stereocenters. The van der Waals surface area contributed by atoms with E-state index in [1.807, 2.05) is 6.92 Å².